The van der Waals surface area contributed by atoms with Crippen molar-refractivity contribution in [3.8, 4) is 0 Å². The van der Waals surface area contributed by atoms with Crippen molar-refractivity contribution in [2.24, 2.45) is 0 Å². The summed E-state index contributed by atoms with van der Waals surface area (Å²) in [5, 5.41) is 1.87. The van der Waals surface area contributed by atoms with Gasteiger partial charge in [-0.25, -0.2) is 8.42 Å². The van der Waals surface area contributed by atoms with Crippen molar-refractivity contribution in [3.05, 3.63) is 52.9 Å². The van der Waals surface area contributed by atoms with Crippen molar-refractivity contribution in [2.75, 3.05) is 0 Å². The van der Waals surface area contributed by atoms with Crippen LogP contribution in [0, 0.1) is 0 Å². The van der Waals surface area contributed by atoms with Gasteiger partial charge in [0.05, 0.1) is 6.10 Å². The molecule has 0 aliphatic heterocycles. The fourth-order valence-electron chi connectivity index (χ4n) is 2.02. The zero-order valence-corrected chi connectivity index (χ0v) is 17.9. The summed E-state index contributed by atoms with van der Waals surface area (Å²) in [5.74, 6) is 0. The lowest BCUT2D eigenvalue weighted by Gasteiger charge is -2.39. The summed E-state index contributed by atoms with van der Waals surface area (Å²) < 4.78 is 29.9. The molecule has 2 aromatic rings. The summed E-state index contributed by atoms with van der Waals surface area (Å²) in [6, 6.07) is 11.5. The minimum absolute atomic E-state index is 0.0530. The van der Waals surface area contributed by atoms with E-state index < -0.39 is 17.4 Å². The molecular formula is C17H23ClO3S2Si. The molecule has 0 radical (unpaired) electrons. The molecule has 7 heteroatoms. The van der Waals surface area contributed by atoms with Crippen molar-refractivity contribution >= 4 is 39.4 Å². The molecule has 1 aromatic heterocycles. The van der Waals surface area contributed by atoms with Crippen LogP contribution in [-0.2, 0) is 13.5 Å². The van der Waals surface area contributed by atoms with Gasteiger partial charge in [0.2, 0.25) is 0 Å². The van der Waals surface area contributed by atoms with Crippen LogP contribution < -0.4 is 0 Å². The lowest BCUT2D eigenvalue weighted by Crippen LogP contribution is -2.42. The molecule has 0 N–H and O–H groups in total. The first kappa shape index (κ1) is 19.7. The Labute approximate surface area is 154 Å². The fourth-order valence-corrected chi connectivity index (χ4v) is 5.23. The van der Waals surface area contributed by atoms with E-state index in [9.17, 15) is 8.42 Å². The quantitative estimate of drug-likeness (QED) is 0.469. The second-order valence-corrected chi connectivity index (χ2v) is 15.8. The number of benzene rings is 1. The van der Waals surface area contributed by atoms with Crippen molar-refractivity contribution in [1.82, 2.24) is 0 Å². The van der Waals surface area contributed by atoms with E-state index in [-0.39, 0.29) is 15.4 Å². The van der Waals surface area contributed by atoms with Gasteiger partial charge < -0.3 is 4.43 Å². The number of rotatable bonds is 5. The van der Waals surface area contributed by atoms with Gasteiger partial charge in [-0.05, 0) is 40.7 Å². The third kappa shape index (κ3) is 4.49. The van der Waals surface area contributed by atoms with Crippen molar-refractivity contribution in [3.63, 3.8) is 0 Å². The molecule has 1 aromatic carbocycles. The summed E-state index contributed by atoms with van der Waals surface area (Å²) in [5.41, 5.74) is 1.84. The van der Waals surface area contributed by atoms with Crippen LogP contribution in [0.2, 0.25) is 18.1 Å². The SMILES string of the molecule is CC(C)(C)[Si](C)(C)OC(c1ccccc1)c1csc(S(=O)(=O)Cl)c1. The Balaban J connectivity index is 2.47. The molecule has 0 fully saturated rings. The van der Waals surface area contributed by atoms with Crippen LogP contribution in [0.25, 0.3) is 0 Å². The predicted octanol–water partition coefficient (Wildman–Crippen LogP) is 5.79. The van der Waals surface area contributed by atoms with Gasteiger partial charge in [-0.2, -0.15) is 0 Å². The summed E-state index contributed by atoms with van der Waals surface area (Å²) in [4.78, 5) is 0. The normalized spacial score (nSPS) is 14.6. The standard InChI is InChI=1S/C17H23ClO3S2Si/c1-17(2,3)24(4,5)21-16(13-9-7-6-8-10-13)14-11-15(22-12-14)23(18,19)20/h6-12,16H,1-5H3. The Hall–Kier alpha value is -0.663. The highest BCUT2D eigenvalue weighted by Crippen LogP contribution is 2.42. The average Bonchev–Trinajstić information content (AvgIpc) is 2.94. The topological polar surface area (TPSA) is 43.4 Å². The van der Waals surface area contributed by atoms with E-state index in [1.54, 1.807) is 6.07 Å². The maximum atomic E-state index is 11.6. The fraction of sp³-hybridized carbons (Fsp3) is 0.412. The van der Waals surface area contributed by atoms with Gasteiger partial charge in [-0.1, -0.05) is 51.1 Å². The van der Waals surface area contributed by atoms with E-state index in [0.29, 0.717) is 0 Å². The van der Waals surface area contributed by atoms with Crippen molar-refractivity contribution in [1.29, 1.82) is 0 Å². The monoisotopic (exact) mass is 402 g/mol. The zero-order valence-electron chi connectivity index (χ0n) is 14.5. The van der Waals surface area contributed by atoms with Crippen LogP contribution in [0.1, 0.15) is 38.0 Å². The Morgan fingerprint density at radius 1 is 1.12 bits per heavy atom. The van der Waals surface area contributed by atoms with E-state index in [2.05, 4.69) is 33.9 Å². The van der Waals surface area contributed by atoms with Gasteiger partial charge in [-0.3, -0.25) is 0 Å². The molecule has 1 atom stereocenters. The van der Waals surface area contributed by atoms with E-state index in [1.807, 2.05) is 35.7 Å². The van der Waals surface area contributed by atoms with Gasteiger partial charge in [0, 0.05) is 10.7 Å². The summed E-state index contributed by atoms with van der Waals surface area (Å²) in [6.45, 7) is 10.9. The summed E-state index contributed by atoms with van der Waals surface area (Å²) in [7, 11) is -0.292. The molecule has 0 aliphatic rings. The Kier molecular flexibility index (Phi) is 5.67. The van der Waals surface area contributed by atoms with Crippen molar-refractivity contribution < 1.29 is 12.8 Å². The maximum absolute atomic E-state index is 11.6. The van der Waals surface area contributed by atoms with Crippen LogP contribution in [0.5, 0.6) is 0 Å². The van der Waals surface area contributed by atoms with E-state index in [4.69, 9.17) is 15.1 Å². The first-order chi connectivity index (χ1) is 10.9. The molecule has 0 bridgehead atoms. The minimum atomic E-state index is -3.72. The van der Waals surface area contributed by atoms with Crippen LogP contribution >= 0.6 is 22.0 Å². The van der Waals surface area contributed by atoms with Crippen LogP contribution in [0.3, 0.4) is 0 Å². The maximum Gasteiger partial charge on any atom is 0.270 e. The van der Waals surface area contributed by atoms with Gasteiger partial charge in [0.25, 0.3) is 9.05 Å². The van der Waals surface area contributed by atoms with Gasteiger partial charge in [0.15, 0.2) is 8.32 Å². The average molecular weight is 403 g/mol. The number of hydrogen-bond acceptors (Lipinski definition) is 4. The summed E-state index contributed by atoms with van der Waals surface area (Å²) >= 11 is 1.13. The minimum Gasteiger partial charge on any atom is -0.406 e. The third-order valence-corrected chi connectivity index (χ3v) is 12.0. The molecule has 0 spiro atoms. The number of hydrogen-bond donors (Lipinski definition) is 0. The van der Waals surface area contributed by atoms with E-state index in [1.165, 1.54) is 0 Å². The Bertz CT molecular complexity index is 793. The first-order valence-electron chi connectivity index (χ1n) is 7.68. The number of halogens is 1. The number of thiophene rings is 1. The highest BCUT2D eigenvalue weighted by atomic mass is 35.7. The van der Waals surface area contributed by atoms with Gasteiger partial charge in [0.1, 0.15) is 4.21 Å². The predicted molar refractivity (Wildman–Crippen MR) is 104 cm³/mol. The molecule has 0 aliphatic carbocycles. The lowest BCUT2D eigenvalue weighted by atomic mass is 10.1. The molecule has 132 valence electrons. The Morgan fingerprint density at radius 3 is 2.17 bits per heavy atom. The van der Waals surface area contributed by atoms with E-state index in [0.717, 1.165) is 22.5 Å². The highest BCUT2D eigenvalue weighted by molar-refractivity contribution is 8.15. The van der Waals surface area contributed by atoms with Crippen molar-refractivity contribution in [2.45, 2.75) is 49.2 Å². The smallest absolute Gasteiger partial charge is 0.270 e. The molecule has 1 unspecified atom stereocenters. The second-order valence-electron chi connectivity index (χ2n) is 7.31. The van der Waals surface area contributed by atoms with Crippen LogP contribution in [-0.4, -0.2) is 16.7 Å². The summed E-state index contributed by atoms with van der Waals surface area (Å²) in [6.07, 6.45) is -0.296. The third-order valence-electron chi connectivity index (χ3n) is 4.46. The Morgan fingerprint density at radius 2 is 1.71 bits per heavy atom. The molecule has 0 saturated carbocycles. The zero-order chi connectivity index (χ0) is 18.2. The van der Waals surface area contributed by atoms with Crippen LogP contribution in [0.15, 0.2) is 46.0 Å². The molecular weight excluding hydrogens is 380 g/mol. The molecule has 24 heavy (non-hydrogen) atoms. The highest BCUT2D eigenvalue weighted by Gasteiger charge is 2.40. The van der Waals surface area contributed by atoms with E-state index >= 15 is 0 Å². The van der Waals surface area contributed by atoms with Gasteiger partial charge in [-0.15, -0.1) is 11.3 Å². The second kappa shape index (κ2) is 6.92. The molecule has 0 saturated heterocycles. The molecule has 1 heterocycles. The molecule has 0 amide bonds. The molecule has 2 rings (SSSR count). The lowest BCUT2D eigenvalue weighted by molar-refractivity contribution is 0.222. The first-order valence-corrected chi connectivity index (χ1v) is 13.8. The largest absolute Gasteiger partial charge is 0.406 e. The van der Waals surface area contributed by atoms with Gasteiger partial charge >= 0.3 is 0 Å². The van der Waals surface area contributed by atoms with Crippen LogP contribution in [0.4, 0.5) is 0 Å². The molecule has 3 nitrogen and oxygen atoms in total.